The maximum Gasteiger partial charge on any atom is 0.573 e. The van der Waals surface area contributed by atoms with Crippen LogP contribution in [0.4, 0.5) is 13.2 Å². The van der Waals surface area contributed by atoms with Gasteiger partial charge in [0, 0.05) is 13.0 Å². The van der Waals surface area contributed by atoms with Crippen molar-refractivity contribution >= 4 is 5.91 Å². The summed E-state index contributed by atoms with van der Waals surface area (Å²) >= 11 is 0. The molecule has 2 rings (SSSR count). The summed E-state index contributed by atoms with van der Waals surface area (Å²) in [6.45, 7) is 2.04. The number of alkyl halides is 3. The molecule has 1 atom stereocenters. The van der Waals surface area contributed by atoms with E-state index in [1.807, 2.05) is 19.1 Å². The van der Waals surface area contributed by atoms with E-state index in [2.05, 4.69) is 10.1 Å². The highest BCUT2D eigenvalue weighted by Gasteiger charge is 2.30. The largest absolute Gasteiger partial charge is 0.573 e. The van der Waals surface area contributed by atoms with Crippen LogP contribution in [0.15, 0.2) is 48.5 Å². The molecule has 0 heterocycles. The van der Waals surface area contributed by atoms with E-state index >= 15 is 0 Å². The molecular formula is C19H20F3NO3. The summed E-state index contributed by atoms with van der Waals surface area (Å²) in [4.78, 5) is 11.9. The van der Waals surface area contributed by atoms with Crippen LogP contribution >= 0.6 is 0 Å². The zero-order valence-corrected chi connectivity index (χ0v) is 14.2. The van der Waals surface area contributed by atoms with Gasteiger partial charge in [0.15, 0.2) is 0 Å². The number of hydrogen-bond donors (Lipinski definition) is 2. The Hall–Kier alpha value is -2.54. The first-order valence-corrected chi connectivity index (χ1v) is 8.09. The number of carbonyl (C=O) groups excluding carboxylic acids is 1. The summed E-state index contributed by atoms with van der Waals surface area (Å²) < 4.78 is 40.1. The van der Waals surface area contributed by atoms with E-state index in [-0.39, 0.29) is 24.6 Å². The number of rotatable bonds is 7. The summed E-state index contributed by atoms with van der Waals surface area (Å²) in [6.07, 6.45) is -4.98. The van der Waals surface area contributed by atoms with E-state index in [1.165, 1.54) is 24.3 Å². The number of aliphatic hydroxyl groups excluding tert-OH is 1. The van der Waals surface area contributed by atoms with Gasteiger partial charge in [0.05, 0.1) is 6.10 Å². The van der Waals surface area contributed by atoms with Gasteiger partial charge in [-0.05, 0) is 36.6 Å². The zero-order chi connectivity index (χ0) is 19.2. The van der Waals surface area contributed by atoms with Crippen molar-refractivity contribution in [2.45, 2.75) is 32.2 Å². The molecule has 0 aliphatic heterocycles. The third kappa shape index (κ3) is 6.76. The molecule has 0 saturated heterocycles. The molecule has 0 fully saturated rings. The fourth-order valence-electron chi connectivity index (χ4n) is 2.32. The van der Waals surface area contributed by atoms with Gasteiger partial charge < -0.3 is 15.2 Å². The Kier molecular flexibility index (Phi) is 6.63. The second-order valence-corrected chi connectivity index (χ2v) is 5.92. The summed E-state index contributed by atoms with van der Waals surface area (Å²) in [7, 11) is 0. The molecule has 4 nitrogen and oxygen atoms in total. The molecule has 0 saturated carbocycles. The van der Waals surface area contributed by atoms with E-state index in [4.69, 9.17) is 0 Å². The van der Waals surface area contributed by atoms with E-state index in [9.17, 15) is 23.1 Å². The molecule has 2 aromatic carbocycles. The Balaban J connectivity index is 1.75. The molecule has 0 spiro atoms. The fraction of sp³-hybridized carbons (Fsp3) is 0.316. The van der Waals surface area contributed by atoms with Crippen LogP contribution in [0, 0.1) is 6.92 Å². The van der Waals surface area contributed by atoms with Crippen LogP contribution in [0.1, 0.15) is 29.2 Å². The minimum Gasteiger partial charge on any atom is -0.406 e. The highest BCUT2D eigenvalue weighted by Crippen LogP contribution is 2.23. The van der Waals surface area contributed by atoms with Gasteiger partial charge in [-0.2, -0.15) is 0 Å². The van der Waals surface area contributed by atoms with Crippen molar-refractivity contribution < 1.29 is 27.8 Å². The Bertz CT molecular complexity index is 712. The lowest BCUT2D eigenvalue weighted by Crippen LogP contribution is -2.28. The Morgan fingerprint density at radius 3 is 2.31 bits per heavy atom. The molecule has 0 bridgehead atoms. The summed E-state index contributed by atoms with van der Waals surface area (Å²) in [6, 6.07) is 12.8. The normalized spacial score (nSPS) is 12.5. The molecule has 140 valence electrons. The van der Waals surface area contributed by atoms with Gasteiger partial charge in [0.2, 0.25) is 5.91 Å². The predicted octanol–water partition coefficient (Wildman–Crippen LogP) is 3.68. The van der Waals surface area contributed by atoms with Crippen LogP contribution in [0.25, 0.3) is 0 Å². The number of aliphatic hydroxyl groups is 1. The van der Waals surface area contributed by atoms with Crippen molar-refractivity contribution in [1.82, 2.24) is 5.32 Å². The summed E-state index contributed by atoms with van der Waals surface area (Å²) in [5, 5.41) is 12.7. The van der Waals surface area contributed by atoms with E-state index < -0.39 is 12.5 Å². The monoisotopic (exact) mass is 367 g/mol. The molecule has 0 aliphatic rings. The van der Waals surface area contributed by atoms with Crippen LogP contribution in [0.3, 0.4) is 0 Å². The number of ether oxygens (including phenoxy) is 1. The van der Waals surface area contributed by atoms with E-state index in [0.29, 0.717) is 12.0 Å². The van der Waals surface area contributed by atoms with Gasteiger partial charge in [-0.25, -0.2) is 0 Å². The second-order valence-electron chi connectivity index (χ2n) is 5.92. The molecule has 26 heavy (non-hydrogen) atoms. The predicted molar refractivity (Wildman–Crippen MR) is 90.6 cm³/mol. The van der Waals surface area contributed by atoms with Crippen molar-refractivity contribution in [2.24, 2.45) is 0 Å². The molecule has 1 amide bonds. The number of halogens is 3. The fourth-order valence-corrected chi connectivity index (χ4v) is 2.32. The van der Waals surface area contributed by atoms with Crippen molar-refractivity contribution in [1.29, 1.82) is 0 Å². The lowest BCUT2D eigenvalue weighted by Gasteiger charge is -2.13. The summed E-state index contributed by atoms with van der Waals surface area (Å²) in [5.41, 5.74) is 2.52. The molecule has 0 aromatic heterocycles. The Labute approximate surface area is 149 Å². The quantitative estimate of drug-likeness (QED) is 0.785. The van der Waals surface area contributed by atoms with Crippen LogP contribution in [-0.4, -0.2) is 23.9 Å². The number of amides is 1. The average molecular weight is 367 g/mol. The Morgan fingerprint density at radius 2 is 1.73 bits per heavy atom. The lowest BCUT2D eigenvalue weighted by molar-refractivity contribution is -0.274. The summed E-state index contributed by atoms with van der Waals surface area (Å²) in [5.74, 6) is -0.543. The molecule has 0 aliphatic carbocycles. The minimum atomic E-state index is -4.72. The highest BCUT2D eigenvalue weighted by molar-refractivity contribution is 5.76. The van der Waals surface area contributed by atoms with Gasteiger partial charge in [0.25, 0.3) is 0 Å². The first-order chi connectivity index (χ1) is 12.2. The number of hydrogen-bond acceptors (Lipinski definition) is 3. The SMILES string of the molecule is Cc1ccc([C@H](O)CNC(=O)CCc2ccc(OC(F)(F)F)cc2)cc1. The average Bonchev–Trinajstić information content (AvgIpc) is 2.58. The van der Waals surface area contributed by atoms with Gasteiger partial charge in [-0.3, -0.25) is 4.79 Å². The second kappa shape index (κ2) is 8.71. The van der Waals surface area contributed by atoms with Crippen molar-refractivity contribution in [2.75, 3.05) is 6.54 Å². The van der Waals surface area contributed by atoms with Crippen molar-refractivity contribution in [3.8, 4) is 5.75 Å². The number of aryl methyl sites for hydroxylation is 2. The molecule has 2 N–H and O–H groups in total. The number of nitrogens with one attached hydrogen (secondary N) is 1. The zero-order valence-electron chi connectivity index (χ0n) is 14.2. The smallest absolute Gasteiger partial charge is 0.406 e. The number of carbonyl (C=O) groups is 1. The van der Waals surface area contributed by atoms with Crippen LogP contribution in [0.5, 0.6) is 5.75 Å². The van der Waals surface area contributed by atoms with E-state index in [1.54, 1.807) is 12.1 Å². The van der Waals surface area contributed by atoms with Gasteiger partial charge >= 0.3 is 6.36 Å². The standard InChI is InChI=1S/C19H20F3NO3/c1-13-2-7-15(8-3-13)17(24)12-23-18(25)11-6-14-4-9-16(10-5-14)26-19(20,21)22/h2-5,7-10,17,24H,6,11-12H2,1H3,(H,23,25)/t17-/m1/s1. The Morgan fingerprint density at radius 1 is 1.12 bits per heavy atom. The van der Waals surface area contributed by atoms with Crippen LogP contribution in [0.2, 0.25) is 0 Å². The van der Waals surface area contributed by atoms with Crippen LogP contribution in [-0.2, 0) is 11.2 Å². The van der Waals surface area contributed by atoms with Crippen molar-refractivity contribution in [3.05, 3.63) is 65.2 Å². The van der Waals surface area contributed by atoms with Gasteiger partial charge in [0.1, 0.15) is 5.75 Å². The van der Waals surface area contributed by atoms with Crippen molar-refractivity contribution in [3.63, 3.8) is 0 Å². The maximum absolute atomic E-state index is 12.1. The molecule has 0 radical (unpaired) electrons. The molecule has 7 heteroatoms. The third-order valence-electron chi connectivity index (χ3n) is 3.75. The van der Waals surface area contributed by atoms with Crippen LogP contribution < -0.4 is 10.1 Å². The molecule has 2 aromatic rings. The maximum atomic E-state index is 12.1. The molecular weight excluding hydrogens is 347 g/mol. The van der Waals surface area contributed by atoms with E-state index in [0.717, 1.165) is 11.1 Å². The third-order valence-corrected chi connectivity index (χ3v) is 3.75. The first kappa shape index (κ1) is 19.8. The number of benzene rings is 2. The van der Waals surface area contributed by atoms with Gasteiger partial charge in [-0.15, -0.1) is 13.2 Å². The first-order valence-electron chi connectivity index (χ1n) is 8.09. The van der Waals surface area contributed by atoms with Gasteiger partial charge in [-0.1, -0.05) is 42.0 Å². The highest BCUT2D eigenvalue weighted by atomic mass is 19.4. The lowest BCUT2D eigenvalue weighted by atomic mass is 10.1. The molecule has 0 unspecified atom stereocenters. The topological polar surface area (TPSA) is 58.6 Å². The minimum absolute atomic E-state index is 0.0975.